The van der Waals surface area contributed by atoms with Crippen molar-refractivity contribution >= 4 is 29.1 Å². The first-order valence-electron chi connectivity index (χ1n) is 5.79. The van der Waals surface area contributed by atoms with Crippen molar-refractivity contribution in [1.29, 1.82) is 0 Å². The van der Waals surface area contributed by atoms with E-state index in [-0.39, 0.29) is 12.5 Å². The third-order valence-corrected chi connectivity index (χ3v) is 3.23. The van der Waals surface area contributed by atoms with Crippen LogP contribution >= 0.6 is 23.2 Å². The summed E-state index contributed by atoms with van der Waals surface area (Å²) in [6.07, 6.45) is 0. The van der Waals surface area contributed by atoms with Crippen LogP contribution in [0.5, 0.6) is 0 Å². The molecule has 0 bridgehead atoms. The van der Waals surface area contributed by atoms with Crippen molar-refractivity contribution < 1.29 is 14.3 Å². The number of hydrogen-bond donors (Lipinski definition) is 0. The van der Waals surface area contributed by atoms with Gasteiger partial charge in [0.05, 0.1) is 23.3 Å². The monoisotopic (exact) mass is 305 g/mol. The van der Waals surface area contributed by atoms with Crippen LogP contribution in [0.2, 0.25) is 10.0 Å². The fourth-order valence-electron chi connectivity index (χ4n) is 1.41. The number of likely N-dealkylation sites (N-methyl/N-ethyl adjacent to an activating group) is 1. The third kappa shape index (κ3) is 5.78. The second-order valence-corrected chi connectivity index (χ2v) is 4.86. The van der Waals surface area contributed by atoms with E-state index in [9.17, 15) is 4.79 Å². The lowest BCUT2D eigenvalue weighted by Gasteiger charge is -2.17. The minimum atomic E-state index is -0.0952. The second-order valence-electron chi connectivity index (χ2n) is 4.04. The van der Waals surface area contributed by atoms with Gasteiger partial charge >= 0.3 is 0 Å². The number of nitrogens with zero attached hydrogens (tertiary/aromatic N) is 1. The van der Waals surface area contributed by atoms with E-state index in [0.29, 0.717) is 29.8 Å². The number of rotatable bonds is 7. The van der Waals surface area contributed by atoms with Gasteiger partial charge in [-0.05, 0) is 17.7 Å². The van der Waals surface area contributed by atoms with Crippen LogP contribution in [-0.4, -0.2) is 44.8 Å². The minimum Gasteiger partial charge on any atom is -0.382 e. The molecule has 0 aromatic heterocycles. The number of benzene rings is 1. The van der Waals surface area contributed by atoms with Crippen LogP contribution in [0.1, 0.15) is 5.56 Å². The van der Waals surface area contributed by atoms with Gasteiger partial charge < -0.3 is 14.4 Å². The van der Waals surface area contributed by atoms with Crippen molar-refractivity contribution in [3.63, 3.8) is 0 Å². The topological polar surface area (TPSA) is 38.8 Å². The van der Waals surface area contributed by atoms with Crippen LogP contribution in [0, 0.1) is 0 Å². The normalized spacial score (nSPS) is 10.5. The molecule has 4 nitrogen and oxygen atoms in total. The number of carbonyl (C=O) groups is 1. The summed E-state index contributed by atoms with van der Waals surface area (Å²) in [5, 5.41) is 0.985. The first-order valence-corrected chi connectivity index (χ1v) is 6.54. The van der Waals surface area contributed by atoms with E-state index in [1.807, 2.05) is 6.07 Å². The predicted octanol–water partition coefficient (Wildman–Crippen LogP) is 2.61. The Labute approximate surface area is 123 Å². The van der Waals surface area contributed by atoms with E-state index >= 15 is 0 Å². The molecule has 0 heterocycles. The van der Waals surface area contributed by atoms with Crippen LogP contribution in [0.3, 0.4) is 0 Å². The van der Waals surface area contributed by atoms with Gasteiger partial charge in [-0.2, -0.15) is 0 Å². The highest BCUT2D eigenvalue weighted by Gasteiger charge is 2.10. The SMILES string of the molecule is COCCOCC(=O)N(C)Cc1ccc(Cl)c(Cl)c1. The number of hydrogen-bond acceptors (Lipinski definition) is 3. The summed E-state index contributed by atoms with van der Waals surface area (Å²) in [4.78, 5) is 13.3. The molecule has 0 spiro atoms. The van der Waals surface area contributed by atoms with Gasteiger partial charge in [0.2, 0.25) is 5.91 Å². The maximum Gasteiger partial charge on any atom is 0.248 e. The Hall–Kier alpha value is -0.810. The molecule has 0 fully saturated rings. The summed E-state index contributed by atoms with van der Waals surface area (Å²) in [5.74, 6) is -0.0952. The Kier molecular flexibility index (Phi) is 7.16. The first kappa shape index (κ1) is 16.2. The van der Waals surface area contributed by atoms with E-state index in [4.69, 9.17) is 32.7 Å². The van der Waals surface area contributed by atoms with E-state index in [1.54, 1.807) is 31.2 Å². The molecule has 0 N–H and O–H groups in total. The number of ether oxygens (including phenoxy) is 2. The molecule has 0 unspecified atom stereocenters. The summed E-state index contributed by atoms with van der Waals surface area (Å²) in [7, 11) is 3.30. The maximum absolute atomic E-state index is 11.8. The Balaban J connectivity index is 2.42. The van der Waals surface area contributed by atoms with Crippen LogP contribution < -0.4 is 0 Å². The number of carbonyl (C=O) groups excluding carboxylic acids is 1. The van der Waals surface area contributed by atoms with Gasteiger partial charge in [-0.3, -0.25) is 4.79 Å². The highest BCUT2D eigenvalue weighted by molar-refractivity contribution is 6.42. The Morgan fingerprint density at radius 3 is 2.63 bits per heavy atom. The fraction of sp³-hybridized carbons (Fsp3) is 0.462. The van der Waals surface area contributed by atoms with E-state index in [0.717, 1.165) is 5.56 Å². The molecule has 0 aliphatic rings. The zero-order valence-electron chi connectivity index (χ0n) is 11.0. The standard InChI is InChI=1S/C13H17Cl2NO3/c1-16(13(17)9-19-6-5-18-2)8-10-3-4-11(14)12(15)7-10/h3-4,7H,5-6,8-9H2,1-2H3. The zero-order valence-corrected chi connectivity index (χ0v) is 12.5. The van der Waals surface area contributed by atoms with Crippen molar-refractivity contribution in [2.75, 3.05) is 34.0 Å². The molecular formula is C13H17Cl2NO3. The van der Waals surface area contributed by atoms with Crippen LogP contribution in [0.4, 0.5) is 0 Å². The number of halogens is 2. The summed E-state index contributed by atoms with van der Waals surface area (Å²) in [6, 6.07) is 5.30. The summed E-state index contributed by atoms with van der Waals surface area (Å²) < 4.78 is 10.0. The van der Waals surface area contributed by atoms with Crippen molar-refractivity contribution in [3.8, 4) is 0 Å². The highest BCUT2D eigenvalue weighted by atomic mass is 35.5. The van der Waals surface area contributed by atoms with Crippen molar-refractivity contribution in [3.05, 3.63) is 33.8 Å². The molecule has 1 aromatic carbocycles. The smallest absolute Gasteiger partial charge is 0.248 e. The lowest BCUT2D eigenvalue weighted by Crippen LogP contribution is -2.30. The predicted molar refractivity (Wildman–Crippen MR) is 75.6 cm³/mol. The van der Waals surface area contributed by atoms with Gasteiger partial charge in [-0.25, -0.2) is 0 Å². The second kappa shape index (κ2) is 8.38. The zero-order chi connectivity index (χ0) is 14.3. The van der Waals surface area contributed by atoms with Crippen molar-refractivity contribution in [2.45, 2.75) is 6.54 Å². The minimum absolute atomic E-state index is 0.0428. The van der Waals surface area contributed by atoms with Crippen LogP contribution in [0.25, 0.3) is 0 Å². The molecule has 1 rings (SSSR count). The van der Waals surface area contributed by atoms with E-state index in [1.165, 1.54) is 0 Å². The Bertz CT molecular complexity index is 426. The molecule has 1 amide bonds. The maximum atomic E-state index is 11.8. The number of amides is 1. The molecule has 6 heteroatoms. The molecule has 0 radical (unpaired) electrons. The summed E-state index contributed by atoms with van der Waals surface area (Å²) in [5.41, 5.74) is 0.919. The molecule has 1 aromatic rings. The van der Waals surface area contributed by atoms with Gasteiger partial charge in [-0.1, -0.05) is 29.3 Å². The quantitative estimate of drug-likeness (QED) is 0.727. The molecule has 0 saturated heterocycles. The van der Waals surface area contributed by atoms with Crippen molar-refractivity contribution in [1.82, 2.24) is 4.90 Å². The molecule has 106 valence electrons. The Morgan fingerprint density at radius 2 is 2.00 bits per heavy atom. The largest absolute Gasteiger partial charge is 0.382 e. The molecule has 0 aliphatic heterocycles. The van der Waals surface area contributed by atoms with Gasteiger partial charge in [0.15, 0.2) is 0 Å². The lowest BCUT2D eigenvalue weighted by molar-refractivity contribution is -0.135. The average Bonchev–Trinajstić information content (AvgIpc) is 2.38. The lowest BCUT2D eigenvalue weighted by atomic mass is 10.2. The highest BCUT2D eigenvalue weighted by Crippen LogP contribution is 2.23. The van der Waals surface area contributed by atoms with Crippen LogP contribution in [0.15, 0.2) is 18.2 Å². The number of methoxy groups -OCH3 is 1. The first-order chi connectivity index (χ1) is 9.04. The molecular weight excluding hydrogens is 289 g/mol. The van der Waals surface area contributed by atoms with Crippen LogP contribution in [-0.2, 0) is 20.8 Å². The molecule has 0 saturated carbocycles. The van der Waals surface area contributed by atoms with E-state index in [2.05, 4.69) is 0 Å². The van der Waals surface area contributed by atoms with Gasteiger partial charge in [0.25, 0.3) is 0 Å². The van der Waals surface area contributed by atoms with Gasteiger partial charge in [0, 0.05) is 20.7 Å². The van der Waals surface area contributed by atoms with E-state index < -0.39 is 0 Å². The van der Waals surface area contributed by atoms with Gasteiger partial charge in [0.1, 0.15) is 6.61 Å². The summed E-state index contributed by atoms with van der Waals surface area (Å²) >= 11 is 11.8. The fourth-order valence-corrected chi connectivity index (χ4v) is 1.73. The third-order valence-electron chi connectivity index (χ3n) is 2.49. The van der Waals surface area contributed by atoms with Gasteiger partial charge in [-0.15, -0.1) is 0 Å². The molecule has 0 atom stereocenters. The molecule has 19 heavy (non-hydrogen) atoms. The molecule has 0 aliphatic carbocycles. The van der Waals surface area contributed by atoms with Crippen molar-refractivity contribution in [2.24, 2.45) is 0 Å². The average molecular weight is 306 g/mol. The Morgan fingerprint density at radius 1 is 1.26 bits per heavy atom. The summed E-state index contributed by atoms with van der Waals surface area (Å²) in [6.45, 7) is 1.39.